The molecule has 1 saturated heterocycles. The number of amides is 2. The Bertz CT molecular complexity index is 529. The van der Waals surface area contributed by atoms with Crippen LogP contribution in [0.4, 0.5) is 0 Å². The van der Waals surface area contributed by atoms with E-state index in [0.717, 1.165) is 5.56 Å². The molecule has 1 unspecified atom stereocenters. The largest absolute Gasteiger partial charge is 0.459 e. The first-order valence-corrected chi connectivity index (χ1v) is 6.37. The van der Waals surface area contributed by atoms with Crippen LogP contribution >= 0.6 is 0 Å². The number of rotatable bonds is 3. The Labute approximate surface area is 116 Å². The van der Waals surface area contributed by atoms with E-state index in [1.165, 1.54) is 0 Å². The van der Waals surface area contributed by atoms with Crippen LogP contribution in [-0.4, -0.2) is 23.3 Å². The average Bonchev–Trinajstić information content (AvgIpc) is 2.57. The number of nitrogens with two attached hydrogens (primary N) is 1. The van der Waals surface area contributed by atoms with E-state index < -0.39 is 23.3 Å². The number of ether oxygens (including phenoxy) is 1. The monoisotopic (exact) mass is 276 g/mol. The Morgan fingerprint density at radius 2 is 2.00 bits per heavy atom. The molecule has 1 fully saturated rings. The summed E-state index contributed by atoms with van der Waals surface area (Å²) in [5, 5.41) is 2.11. The number of esters is 1. The summed E-state index contributed by atoms with van der Waals surface area (Å²) in [5.41, 5.74) is 4.84. The summed E-state index contributed by atoms with van der Waals surface area (Å²) < 4.78 is 5.10. The van der Waals surface area contributed by atoms with Crippen molar-refractivity contribution in [2.24, 2.45) is 5.73 Å². The minimum Gasteiger partial charge on any atom is -0.459 e. The van der Waals surface area contributed by atoms with E-state index in [1.54, 1.807) is 12.1 Å². The summed E-state index contributed by atoms with van der Waals surface area (Å²) in [6, 6.07) is 9.08. The summed E-state index contributed by atoms with van der Waals surface area (Å²) in [5.74, 6) is -2.02. The second kappa shape index (κ2) is 5.83. The van der Waals surface area contributed by atoms with E-state index >= 15 is 0 Å². The molecule has 0 spiro atoms. The summed E-state index contributed by atoms with van der Waals surface area (Å²) in [6.07, 6.45) is 0.642. The fourth-order valence-electron chi connectivity index (χ4n) is 1.99. The molecule has 2 amide bonds. The molecule has 1 aromatic rings. The Kier molecular flexibility index (Phi) is 4.14. The number of imide groups is 1. The van der Waals surface area contributed by atoms with E-state index in [0.29, 0.717) is 6.42 Å². The van der Waals surface area contributed by atoms with Crippen LogP contribution in [0.1, 0.15) is 24.8 Å². The predicted octanol–water partition coefficient (Wildman–Crippen LogP) is 0.254. The zero-order valence-electron chi connectivity index (χ0n) is 10.9. The standard InChI is InChI=1S/C14H16N2O4/c15-14(8-4-7-11(17)16-12(14)18)13(19)20-9-10-5-2-1-3-6-10/h1-3,5-6H,4,7-9,15H2,(H,16,17,18). The molecule has 0 saturated carbocycles. The van der Waals surface area contributed by atoms with Crippen LogP contribution in [0.15, 0.2) is 30.3 Å². The molecule has 0 bridgehead atoms. The van der Waals surface area contributed by atoms with Gasteiger partial charge in [0.2, 0.25) is 5.91 Å². The van der Waals surface area contributed by atoms with Crippen LogP contribution in [0.25, 0.3) is 0 Å². The molecule has 0 aliphatic carbocycles. The Balaban J connectivity index is 2.03. The summed E-state index contributed by atoms with van der Waals surface area (Å²) in [6.45, 7) is 0.0415. The minimum atomic E-state index is -1.79. The van der Waals surface area contributed by atoms with Gasteiger partial charge in [-0.05, 0) is 18.4 Å². The molecular formula is C14H16N2O4. The third kappa shape index (κ3) is 3.03. The highest BCUT2D eigenvalue weighted by atomic mass is 16.5. The lowest BCUT2D eigenvalue weighted by atomic mass is 9.94. The summed E-state index contributed by atoms with van der Waals surface area (Å²) in [7, 11) is 0. The second-order valence-electron chi connectivity index (χ2n) is 4.76. The first-order chi connectivity index (χ1) is 9.52. The smallest absolute Gasteiger partial charge is 0.336 e. The van der Waals surface area contributed by atoms with E-state index in [9.17, 15) is 14.4 Å². The van der Waals surface area contributed by atoms with E-state index in [4.69, 9.17) is 10.5 Å². The molecule has 1 aliphatic heterocycles. The topological polar surface area (TPSA) is 98.5 Å². The molecule has 6 nitrogen and oxygen atoms in total. The van der Waals surface area contributed by atoms with Crippen LogP contribution in [0.3, 0.4) is 0 Å². The molecule has 1 atom stereocenters. The molecule has 0 aromatic heterocycles. The van der Waals surface area contributed by atoms with Gasteiger partial charge in [0.15, 0.2) is 5.54 Å². The van der Waals surface area contributed by atoms with E-state index in [-0.39, 0.29) is 19.4 Å². The van der Waals surface area contributed by atoms with Crippen molar-refractivity contribution in [2.75, 3.05) is 0 Å². The fourth-order valence-corrected chi connectivity index (χ4v) is 1.99. The van der Waals surface area contributed by atoms with Crippen molar-refractivity contribution in [3.63, 3.8) is 0 Å². The van der Waals surface area contributed by atoms with Crippen molar-refractivity contribution in [1.82, 2.24) is 5.32 Å². The number of benzene rings is 1. The number of carbonyl (C=O) groups excluding carboxylic acids is 3. The number of hydrogen-bond acceptors (Lipinski definition) is 5. The zero-order valence-corrected chi connectivity index (χ0v) is 10.9. The summed E-state index contributed by atoms with van der Waals surface area (Å²) in [4.78, 5) is 35.1. The van der Waals surface area contributed by atoms with Gasteiger partial charge < -0.3 is 10.5 Å². The first kappa shape index (κ1) is 14.2. The lowest BCUT2D eigenvalue weighted by molar-refractivity contribution is -0.156. The Hall–Kier alpha value is -2.21. The fraction of sp³-hybridized carbons (Fsp3) is 0.357. The quantitative estimate of drug-likeness (QED) is 0.468. The molecule has 1 aromatic carbocycles. The molecule has 1 heterocycles. The van der Waals surface area contributed by atoms with Gasteiger partial charge in [-0.2, -0.15) is 0 Å². The molecule has 1 aliphatic rings. The predicted molar refractivity (Wildman–Crippen MR) is 70.2 cm³/mol. The van der Waals surface area contributed by atoms with E-state index in [2.05, 4.69) is 5.32 Å². The Morgan fingerprint density at radius 3 is 2.70 bits per heavy atom. The van der Waals surface area contributed by atoms with Crippen LogP contribution in [0.5, 0.6) is 0 Å². The molecule has 2 rings (SSSR count). The molecule has 6 heteroatoms. The van der Waals surface area contributed by atoms with Crippen molar-refractivity contribution < 1.29 is 19.1 Å². The van der Waals surface area contributed by atoms with Gasteiger partial charge in [-0.25, -0.2) is 4.79 Å². The molecular weight excluding hydrogens is 260 g/mol. The maximum absolute atomic E-state index is 12.0. The maximum Gasteiger partial charge on any atom is 0.336 e. The lowest BCUT2D eigenvalue weighted by Gasteiger charge is -2.23. The third-order valence-electron chi connectivity index (χ3n) is 3.21. The molecule has 106 valence electrons. The van der Waals surface area contributed by atoms with Crippen LogP contribution in [0, 0.1) is 0 Å². The van der Waals surface area contributed by atoms with Crippen molar-refractivity contribution >= 4 is 17.8 Å². The van der Waals surface area contributed by atoms with Crippen molar-refractivity contribution in [1.29, 1.82) is 0 Å². The first-order valence-electron chi connectivity index (χ1n) is 6.37. The SMILES string of the molecule is NC1(C(=O)OCc2ccccc2)CCCC(=O)NC1=O. The Morgan fingerprint density at radius 1 is 1.30 bits per heavy atom. The van der Waals surface area contributed by atoms with Gasteiger partial charge in [0.1, 0.15) is 6.61 Å². The van der Waals surface area contributed by atoms with Crippen molar-refractivity contribution in [3.8, 4) is 0 Å². The van der Waals surface area contributed by atoms with Crippen LogP contribution in [0.2, 0.25) is 0 Å². The van der Waals surface area contributed by atoms with Crippen LogP contribution < -0.4 is 11.1 Å². The van der Waals surface area contributed by atoms with Gasteiger partial charge in [-0.15, -0.1) is 0 Å². The van der Waals surface area contributed by atoms with Crippen molar-refractivity contribution in [2.45, 2.75) is 31.4 Å². The van der Waals surface area contributed by atoms with E-state index in [1.807, 2.05) is 18.2 Å². The van der Waals surface area contributed by atoms with Crippen molar-refractivity contribution in [3.05, 3.63) is 35.9 Å². The van der Waals surface area contributed by atoms with Gasteiger partial charge in [-0.3, -0.25) is 14.9 Å². The third-order valence-corrected chi connectivity index (χ3v) is 3.21. The zero-order chi connectivity index (χ0) is 14.6. The number of carbonyl (C=O) groups is 3. The van der Waals surface area contributed by atoms with Gasteiger partial charge in [0.25, 0.3) is 5.91 Å². The highest BCUT2D eigenvalue weighted by Gasteiger charge is 2.45. The summed E-state index contributed by atoms with van der Waals surface area (Å²) >= 11 is 0. The highest BCUT2D eigenvalue weighted by Crippen LogP contribution is 2.18. The minimum absolute atomic E-state index is 0.0415. The molecule has 20 heavy (non-hydrogen) atoms. The molecule has 3 N–H and O–H groups in total. The van der Waals surface area contributed by atoms with Crippen LogP contribution in [-0.2, 0) is 25.7 Å². The average molecular weight is 276 g/mol. The van der Waals surface area contributed by atoms with Gasteiger partial charge in [-0.1, -0.05) is 30.3 Å². The normalized spacial score (nSPS) is 22.9. The number of nitrogens with one attached hydrogen (secondary N) is 1. The van der Waals surface area contributed by atoms with Gasteiger partial charge in [0, 0.05) is 6.42 Å². The number of hydrogen-bond donors (Lipinski definition) is 2. The van der Waals surface area contributed by atoms with Gasteiger partial charge >= 0.3 is 5.97 Å². The molecule has 0 radical (unpaired) electrons. The highest BCUT2D eigenvalue weighted by molar-refractivity contribution is 6.12. The maximum atomic E-state index is 12.0. The van der Waals surface area contributed by atoms with Gasteiger partial charge in [0.05, 0.1) is 0 Å². The lowest BCUT2D eigenvalue weighted by Crippen LogP contribution is -2.59. The second-order valence-corrected chi connectivity index (χ2v) is 4.76.